The Balaban J connectivity index is 1.64. The summed E-state index contributed by atoms with van der Waals surface area (Å²) in [5.74, 6) is -3.84. The second kappa shape index (κ2) is 11.7. The standard InChI is InChI=1S/C32H22F5N3O6S/c1-38-30(41)27-20-13-19(23(40(2)47(3,42)43)14-25(20)44-29(27)15-4-7-17(33)8-5-15)16-6-9-24(46-32(36)37)21(10-16)31-39-28-22(35)11-18(34)12-26(28)45-31/h4-14,32H,1-3H3,(H,38,41). The normalized spacial score (nSPS) is 11.9. The van der Waals surface area contributed by atoms with Gasteiger partial charge in [-0.15, -0.1) is 0 Å². The number of fused-ring (bicyclic) bond motifs is 2. The molecule has 0 spiro atoms. The van der Waals surface area contributed by atoms with Gasteiger partial charge < -0.3 is 18.9 Å². The number of nitrogens with one attached hydrogen (secondary N) is 1. The van der Waals surface area contributed by atoms with E-state index in [0.717, 1.165) is 22.7 Å². The molecule has 0 aliphatic carbocycles. The summed E-state index contributed by atoms with van der Waals surface area (Å²) in [6.07, 6.45) is 0.958. The summed E-state index contributed by atoms with van der Waals surface area (Å²) in [4.78, 5) is 17.2. The van der Waals surface area contributed by atoms with E-state index in [1.807, 2.05) is 0 Å². The van der Waals surface area contributed by atoms with E-state index < -0.39 is 51.6 Å². The van der Waals surface area contributed by atoms with Crippen LogP contribution >= 0.6 is 0 Å². The zero-order valence-corrected chi connectivity index (χ0v) is 25.4. The number of halogens is 5. The molecule has 15 heteroatoms. The first-order valence-electron chi connectivity index (χ1n) is 13.6. The number of ether oxygens (including phenoxy) is 1. The first kappa shape index (κ1) is 31.5. The first-order valence-corrected chi connectivity index (χ1v) is 15.5. The molecule has 6 aromatic rings. The molecule has 0 aliphatic heterocycles. The Kier molecular flexibility index (Phi) is 7.87. The van der Waals surface area contributed by atoms with Gasteiger partial charge >= 0.3 is 6.61 Å². The summed E-state index contributed by atoms with van der Waals surface area (Å²) >= 11 is 0. The predicted molar refractivity (Wildman–Crippen MR) is 163 cm³/mol. The molecular weight excluding hydrogens is 649 g/mol. The molecule has 1 N–H and O–H groups in total. The van der Waals surface area contributed by atoms with Gasteiger partial charge in [0, 0.05) is 48.8 Å². The highest BCUT2D eigenvalue weighted by Gasteiger charge is 2.27. The first-order chi connectivity index (χ1) is 22.2. The number of sulfonamides is 1. The third kappa shape index (κ3) is 5.85. The van der Waals surface area contributed by atoms with Gasteiger partial charge in [0.2, 0.25) is 15.9 Å². The zero-order chi connectivity index (χ0) is 33.8. The number of hydrogen-bond acceptors (Lipinski definition) is 7. The molecule has 0 bridgehead atoms. The molecule has 47 heavy (non-hydrogen) atoms. The monoisotopic (exact) mass is 671 g/mol. The maximum Gasteiger partial charge on any atom is 0.387 e. The molecule has 0 unspecified atom stereocenters. The van der Waals surface area contributed by atoms with Crippen molar-refractivity contribution in [3.05, 3.63) is 89.7 Å². The summed E-state index contributed by atoms with van der Waals surface area (Å²) in [5, 5.41) is 2.77. The van der Waals surface area contributed by atoms with Crippen LogP contribution in [-0.2, 0) is 10.0 Å². The van der Waals surface area contributed by atoms with Gasteiger partial charge in [0.1, 0.15) is 34.2 Å². The fourth-order valence-electron chi connectivity index (χ4n) is 5.09. The number of carbonyl (C=O) groups excluding carboxylic acids is 1. The Morgan fingerprint density at radius 3 is 2.26 bits per heavy atom. The number of carbonyl (C=O) groups is 1. The molecule has 1 amide bonds. The highest BCUT2D eigenvalue weighted by Crippen LogP contribution is 2.44. The zero-order valence-electron chi connectivity index (χ0n) is 24.6. The second-order valence-corrected chi connectivity index (χ2v) is 12.3. The predicted octanol–water partition coefficient (Wildman–Crippen LogP) is 7.35. The Bertz CT molecular complexity index is 2300. The van der Waals surface area contributed by atoms with Crippen LogP contribution in [0.4, 0.5) is 27.6 Å². The van der Waals surface area contributed by atoms with E-state index in [1.165, 1.54) is 62.6 Å². The number of rotatable bonds is 8. The van der Waals surface area contributed by atoms with Crippen LogP contribution in [0.15, 0.2) is 75.6 Å². The second-order valence-electron chi connectivity index (χ2n) is 10.3. The Morgan fingerprint density at radius 2 is 1.60 bits per heavy atom. The number of hydrogen-bond donors (Lipinski definition) is 1. The summed E-state index contributed by atoms with van der Waals surface area (Å²) in [7, 11) is -1.24. The van der Waals surface area contributed by atoms with Crippen molar-refractivity contribution in [2.24, 2.45) is 0 Å². The molecule has 0 atom stereocenters. The van der Waals surface area contributed by atoms with Gasteiger partial charge in [-0.1, -0.05) is 6.07 Å². The van der Waals surface area contributed by atoms with Crippen LogP contribution in [-0.4, -0.2) is 46.3 Å². The number of benzene rings is 4. The van der Waals surface area contributed by atoms with E-state index in [0.29, 0.717) is 11.6 Å². The minimum Gasteiger partial charge on any atom is -0.455 e. The van der Waals surface area contributed by atoms with Gasteiger partial charge in [-0.25, -0.2) is 26.6 Å². The van der Waals surface area contributed by atoms with Crippen LogP contribution in [0, 0.1) is 17.5 Å². The Labute approximate surface area is 263 Å². The SMILES string of the molecule is CNC(=O)c1c(-c2ccc(F)cc2)oc2cc(N(C)S(C)(=O)=O)c(-c3ccc(OC(F)F)c(-c4nc5c(F)cc(F)cc5o4)c3)cc12. The smallest absolute Gasteiger partial charge is 0.387 e. The molecule has 2 aromatic heterocycles. The molecule has 0 fully saturated rings. The van der Waals surface area contributed by atoms with Crippen molar-refractivity contribution in [3.8, 4) is 39.7 Å². The molecule has 242 valence electrons. The maximum absolute atomic E-state index is 14.5. The van der Waals surface area contributed by atoms with E-state index in [4.69, 9.17) is 8.83 Å². The van der Waals surface area contributed by atoms with Crippen LogP contribution in [0.2, 0.25) is 0 Å². The van der Waals surface area contributed by atoms with Crippen LogP contribution < -0.4 is 14.4 Å². The summed E-state index contributed by atoms with van der Waals surface area (Å²) in [6, 6.07) is 13.3. The van der Waals surface area contributed by atoms with Crippen molar-refractivity contribution in [2.75, 3.05) is 24.7 Å². The van der Waals surface area contributed by atoms with Gasteiger partial charge in [-0.2, -0.15) is 8.78 Å². The fourth-order valence-corrected chi connectivity index (χ4v) is 5.60. The molecule has 0 aliphatic rings. The van der Waals surface area contributed by atoms with Gasteiger partial charge in [-0.05, 0) is 48.0 Å². The van der Waals surface area contributed by atoms with E-state index in [9.17, 15) is 35.2 Å². The van der Waals surface area contributed by atoms with Crippen LogP contribution in [0.5, 0.6) is 5.75 Å². The Hall–Kier alpha value is -5.44. The molecule has 0 radical (unpaired) electrons. The van der Waals surface area contributed by atoms with E-state index >= 15 is 0 Å². The number of anilines is 1. The lowest BCUT2D eigenvalue weighted by atomic mass is 9.97. The van der Waals surface area contributed by atoms with E-state index in [1.54, 1.807) is 0 Å². The number of aromatic nitrogens is 1. The third-order valence-electron chi connectivity index (χ3n) is 7.35. The van der Waals surface area contributed by atoms with Crippen LogP contribution in [0.1, 0.15) is 10.4 Å². The summed E-state index contributed by atoms with van der Waals surface area (Å²) < 4.78 is 112. The molecule has 9 nitrogen and oxygen atoms in total. The van der Waals surface area contributed by atoms with Crippen molar-refractivity contribution in [1.29, 1.82) is 0 Å². The maximum atomic E-state index is 14.5. The summed E-state index contributed by atoms with van der Waals surface area (Å²) in [6.45, 7) is -3.28. The quantitative estimate of drug-likeness (QED) is 0.168. The number of furan rings is 1. The average Bonchev–Trinajstić information content (AvgIpc) is 3.61. The molecule has 2 heterocycles. The van der Waals surface area contributed by atoms with Crippen molar-refractivity contribution in [3.63, 3.8) is 0 Å². The van der Waals surface area contributed by atoms with Crippen molar-refractivity contribution in [1.82, 2.24) is 10.3 Å². The molecule has 4 aromatic carbocycles. The van der Waals surface area contributed by atoms with E-state index in [-0.39, 0.29) is 55.8 Å². The lowest BCUT2D eigenvalue weighted by molar-refractivity contribution is -0.0495. The number of alkyl halides is 2. The minimum atomic E-state index is -3.91. The lowest BCUT2D eigenvalue weighted by Crippen LogP contribution is -2.25. The lowest BCUT2D eigenvalue weighted by Gasteiger charge is -2.21. The fraction of sp³-hybridized carbons (Fsp3) is 0.125. The van der Waals surface area contributed by atoms with Crippen molar-refractivity contribution >= 4 is 43.7 Å². The average molecular weight is 672 g/mol. The van der Waals surface area contributed by atoms with E-state index in [2.05, 4.69) is 15.0 Å². The third-order valence-corrected chi connectivity index (χ3v) is 8.55. The van der Waals surface area contributed by atoms with Gasteiger partial charge in [0.05, 0.1) is 23.1 Å². The van der Waals surface area contributed by atoms with Crippen molar-refractivity contribution in [2.45, 2.75) is 6.61 Å². The molecule has 0 saturated carbocycles. The highest BCUT2D eigenvalue weighted by molar-refractivity contribution is 7.92. The number of nitrogens with zero attached hydrogens (tertiary/aromatic N) is 2. The number of oxazole rings is 1. The summed E-state index contributed by atoms with van der Waals surface area (Å²) in [5.41, 5.74) is 0.0958. The molecular formula is C32H22F5N3O6S. The van der Waals surface area contributed by atoms with Gasteiger partial charge in [0.15, 0.2) is 11.4 Å². The topological polar surface area (TPSA) is 115 Å². The molecule has 6 rings (SSSR count). The van der Waals surface area contributed by atoms with Gasteiger partial charge in [-0.3, -0.25) is 9.10 Å². The number of amides is 1. The highest BCUT2D eigenvalue weighted by atomic mass is 32.2. The Morgan fingerprint density at radius 1 is 0.894 bits per heavy atom. The van der Waals surface area contributed by atoms with Crippen molar-refractivity contribution < 1.29 is 48.7 Å². The van der Waals surface area contributed by atoms with Gasteiger partial charge in [0.25, 0.3) is 5.91 Å². The van der Waals surface area contributed by atoms with Crippen LogP contribution in [0.3, 0.4) is 0 Å². The largest absolute Gasteiger partial charge is 0.455 e. The molecule has 0 saturated heterocycles. The van der Waals surface area contributed by atoms with Crippen LogP contribution in [0.25, 0.3) is 56.0 Å². The minimum absolute atomic E-state index is 0.0539.